The molecule has 0 radical (unpaired) electrons. The maximum Gasteiger partial charge on any atom is 0.193 e. The van der Waals surface area contributed by atoms with Crippen LogP contribution in [0.15, 0.2) is 4.99 Å². The Bertz CT molecular complexity index is 403. The van der Waals surface area contributed by atoms with Crippen molar-refractivity contribution in [1.82, 2.24) is 15.1 Å². The van der Waals surface area contributed by atoms with Gasteiger partial charge in [-0.1, -0.05) is 6.92 Å². The minimum absolute atomic E-state index is 0.318. The van der Waals surface area contributed by atoms with Crippen molar-refractivity contribution in [2.45, 2.75) is 71.1 Å². The van der Waals surface area contributed by atoms with E-state index < -0.39 is 0 Å². The number of guanidine groups is 1. The van der Waals surface area contributed by atoms with Gasteiger partial charge in [-0.15, -0.1) is 0 Å². The van der Waals surface area contributed by atoms with Crippen molar-refractivity contribution in [2.75, 3.05) is 53.0 Å². The Morgan fingerprint density at radius 3 is 2.62 bits per heavy atom. The molecule has 0 bridgehead atoms. The quantitative estimate of drug-likeness (QED) is 0.526. The minimum atomic E-state index is 0.318. The van der Waals surface area contributed by atoms with Gasteiger partial charge in [-0.2, -0.15) is 0 Å². The van der Waals surface area contributed by atoms with Crippen molar-refractivity contribution in [2.24, 2.45) is 4.99 Å². The van der Waals surface area contributed by atoms with E-state index in [4.69, 9.17) is 9.47 Å². The molecular weight excluding hydrogens is 328 g/mol. The normalized spacial score (nSPS) is 23.1. The summed E-state index contributed by atoms with van der Waals surface area (Å²) in [5.41, 5.74) is 0. The molecule has 2 fully saturated rings. The number of nitrogens with zero attached hydrogens (tertiary/aromatic N) is 3. The number of ether oxygens (including phenoxy) is 2. The lowest BCUT2D eigenvalue weighted by molar-refractivity contribution is -0.0721. The molecule has 6 nitrogen and oxygen atoms in total. The van der Waals surface area contributed by atoms with Gasteiger partial charge in [-0.3, -0.25) is 9.89 Å². The Labute approximate surface area is 160 Å². The van der Waals surface area contributed by atoms with Crippen molar-refractivity contribution < 1.29 is 9.47 Å². The zero-order valence-electron chi connectivity index (χ0n) is 17.4. The molecule has 6 heteroatoms. The summed E-state index contributed by atoms with van der Waals surface area (Å²) in [6, 6.07) is 0.588. The van der Waals surface area contributed by atoms with Crippen LogP contribution in [0.25, 0.3) is 0 Å². The molecular formula is C20H40N4O2. The molecule has 2 heterocycles. The number of nitrogens with one attached hydrogen (secondary N) is 1. The second-order valence-corrected chi connectivity index (χ2v) is 7.70. The molecule has 2 aliphatic heterocycles. The molecule has 0 aliphatic carbocycles. The molecule has 0 aromatic carbocycles. The van der Waals surface area contributed by atoms with Crippen LogP contribution in [-0.4, -0.2) is 87.0 Å². The summed E-state index contributed by atoms with van der Waals surface area (Å²) in [7, 11) is 1.88. The van der Waals surface area contributed by atoms with Crippen LogP contribution in [0, 0.1) is 0 Å². The van der Waals surface area contributed by atoms with Gasteiger partial charge in [0.25, 0.3) is 0 Å². The van der Waals surface area contributed by atoms with Gasteiger partial charge in [0.1, 0.15) is 0 Å². The fraction of sp³-hybridized carbons (Fsp3) is 0.950. The predicted molar refractivity (Wildman–Crippen MR) is 108 cm³/mol. The number of aliphatic imine (C=N–C) groups is 1. The van der Waals surface area contributed by atoms with E-state index in [2.05, 4.69) is 40.9 Å². The lowest BCUT2D eigenvalue weighted by atomic mass is 10.1. The molecule has 2 saturated heterocycles. The van der Waals surface area contributed by atoms with Crippen LogP contribution < -0.4 is 5.32 Å². The summed E-state index contributed by atoms with van der Waals surface area (Å²) < 4.78 is 11.9. The van der Waals surface area contributed by atoms with Gasteiger partial charge < -0.3 is 19.7 Å². The first-order valence-corrected chi connectivity index (χ1v) is 10.6. The van der Waals surface area contributed by atoms with Crippen molar-refractivity contribution in [3.8, 4) is 0 Å². The lowest BCUT2D eigenvalue weighted by Crippen LogP contribution is -2.49. The van der Waals surface area contributed by atoms with Crippen molar-refractivity contribution in [3.05, 3.63) is 0 Å². The zero-order valence-corrected chi connectivity index (χ0v) is 17.4. The van der Waals surface area contributed by atoms with Gasteiger partial charge in [-0.25, -0.2) is 0 Å². The summed E-state index contributed by atoms with van der Waals surface area (Å²) in [4.78, 5) is 9.31. The molecule has 0 saturated carbocycles. The van der Waals surface area contributed by atoms with E-state index in [0.717, 1.165) is 71.2 Å². The molecule has 0 aromatic rings. The zero-order chi connectivity index (χ0) is 18.8. The largest absolute Gasteiger partial charge is 0.376 e. The number of hydrogen-bond donors (Lipinski definition) is 1. The first kappa shape index (κ1) is 21.5. The molecule has 2 aliphatic rings. The van der Waals surface area contributed by atoms with Crippen LogP contribution in [0.5, 0.6) is 0 Å². The van der Waals surface area contributed by atoms with Crippen molar-refractivity contribution in [1.29, 1.82) is 0 Å². The standard InChI is InChI=1S/C20H40N4O2/c1-5-23(17(2)3)14-11-22-20(21-4)24-12-9-18(10-13-24)26-16-19-8-6-7-15-25-19/h17-19H,5-16H2,1-4H3,(H,21,22). The highest BCUT2D eigenvalue weighted by Crippen LogP contribution is 2.17. The molecule has 2 rings (SSSR count). The SMILES string of the molecule is CCN(CCNC(=NC)N1CCC(OCC2CCCCO2)CC1)C(C)C. The smallest absolute Gasteiger partial charge is 0.193 e. The van der Waals surface area contributed by atoms with Crippen molar-refractivity contribution in [3.63, 3.8) is 0 Å². The van der Waals surface area contributed by atoms with Crippen LogP contribution in [0.2, 0.25) is 0 Å². The topological polar surface area (TPSA) is 49.3 Å². The summed E-state index contributed by atoms with van der Waals surface area (Å²) in [5.74, 6) is 1.03. The fourth-order valence-corrected chi connectivity index (χ4v) is 3.84. The Hall–Kier alpha value is -0.850. The monoisotopic (exact) mass is 368 g/mol. The molecule has 0 amide bonds. The van der Waals surface area contributed by atoms with Crippen LogP contribution in [0.3, 0.4) is 0 Å². The Kier molecular flexibility index (Phi) is 9.72. The van der Waals surface area contributed by atoms with Crippen LogP contribution >= 0.6 is 0 Å². The second-order valence-electron chi connectivity index (χ2n) is 7.70. The lowest BCUT2D eigenvalue weighted by Gasteiger charge is -2.35. The Morgan fingerprint density at radius 1 is 1.27 bits per heavy atom. The number of likely N-dealkylation sites (tertiary alicyclic amines) is 1. The third-order valence-corrected chi connectivity index (χ3v) is 5.56. The number of piperidine rings is 1. The molecule has 1 atom stereocenters. The average Bonchev–Trinajstić information content (AvgIpc) is 2.68. The molecule has 1 unspecified atom stereocenters. The summed E-state index contributed by atoms with van der Waals surface area (Å²) in [5, 5.41) is 3.53. The molecule has 0 spiro atoms. The van der Waals surface area contributed by atoms with Gasteiger partial charge in [0.15, 0.2) is 5.96 Å². The van der Waals surface area contributed by atoms with Gasteiger partial charge in [0.2, 0.25) is 0 Å². The van der Waals surface area contributed by atoms with Gasteiger partial charge in [0.05, 0.1) is 18.8 Å². The Balaban J connectivity index is 1.64. The molecule has 0 aromatic heterocycles. The fourth-order valence-electron chi connectivity index (χ4n) is 3.84. The van der Waals surface area contributed by atoms with E-state index >= 15 is 0 Å². The van der Waals surface area contributed by atoms with Crippen LogP contribution in [0.4, 0.5) is 0 Å². The van der Waals surface area contributed by atoms with Gasteiger partial charge >= 0.3 is 0 Å². The van der Waals surface area contributed by atoms with E-state index in [-0.39, 0.29) is 0 Å². The summed E-state index contributed by atoms with van der Waals surface area (Å²) in [6.45, 7) is 13.5. The average molecular weight is 369 g/mol. The van der Waals surface area contributed by atoms with E-state index in [1.165, 1.54) is 12.8 Å². The maximum atomic E-state index is 6.12. The first-order valence-electron chi connectivity index (χ1n) is 10.6. The molecule has 152 valence electrons. The maximum absolute atomic E-state index is 6.12. The van der Waals surface area contributed by atoms with Gasteiger partial charge in [0, 0.05) is 45.9 Å². The Morgan fingerprint density at radius 2 is 2.04 bits per heavy atom. The van der Waals surface area contributed by atoms with E-state index in [1.807, 2.05) is 7.05 Å². The van der Waals surface area contributed by atoms with Crippen molar-refractivity contribution >= 4 is 5.96 Å². The minimum Gasteiger partial charge on any atom is -0.376 e. The highest BCUT2D eigenvalue weighted by atomic mass is 16.5. The highest BCUT2D eigenvalue weighted by Gasteiger charge is 2.23. The number of hydrogen-bond acceptors (Lipinski definition) is 4. The number of likely N-dealkylation sites (N-methyl/N-ethyl adjacent to an activating group) is 1. The highest BCUT2D eigenvalue weighted by molar-refractivity contribution is 5.79. The van der Waals surface area contributed by atoms with Crippen LogP contribution in [-0.2, 0) is 9.47 Å². The molecule has 1 N–H and O–H groups in total. The van der Waals surface area contributed by atoms with Gasteiger partial charge in [-0.05, 0) is 52.5 Å². The van der Waals surface area contributed by atoms with Crippen LogP contribution in [0.1, 0.15) is 52.9 Å². The van der Waals surface area contributed by atoms with E-state index in [9.17, 15) is 0 Å². The predicted octanol–water partition coefficient (Wildman–Crippen LogP) is 2.34. The summed E-state index contributed by atoms with van der Waals surface area (Å²) in [6.07, 6.45) is 6.46. The van der Waals surface area contributed by atoms with E-state index in [1.54, 1.807) is 0 Å². The van der Waals surface area contributed by atoms with E-state index in [0.29, 0.717) is 18.2 Å². The third-order valence-electron chi connectivity index (χ3n) is 5.56. The molecule has 26 heavy (non-hydrogen) atoms. The first-order chi connectivity index (χ1) is 12.6. The second kappa shape index (κ2) is 11.8. The summed E-state index contributed by atoms with van der Waals surface area (Å²) >= 11 is 0. The number of rotatable bonds is 8. The third kappa shape index (κ3) is 7.05.